The molecule has 38 heavy (non-hydrogen) atoms. The highest BCUT2D eigenvalue weighted by Crippen LogP contribution is 2.30. The maximum atomic E-state index is 13.1. The average Bonchev–Trinajstić information content (AvgIpc) is 3.44. The highest BCUT2D eigenvalue weighted by atomic mass is 16.2. The molecule has 1 saturated heterocycles. The van der Waals surface area contributed by atoms with Gasteiger partial charge < -0.3 is 19.9 Å². The van der Waals surface area contributed by atoms with Gasteiger partial charge in [0.15, 0.2) is 0 Å². The van der Waals surface area contributed by atoms with Gasteiger partial charge in [0.25, 0.3) is 5.91 Å². The summed E-state index contributed by atoms with van der Waals surface area (Å²) in [4.78, 5) is 36.3. The molecule has 0 radical (unpaired) electrons. The summed E-state index contributed by atoms with van der Waals surface area (Å²) in [5, 5.41) is 5.81. The van der Waals surface area contributed by atoms with E-state index in [-0.39, 0.29) is 11.9 Å². The first-order valence-electron chi connectivity index (χ1n) is 13.5. The Bertz CT molecular complexity index is 1450. The average molecular weight is 509 g/mol. The third kappa shape index (κ3) is 5.25. The number of carbonyl (C=O) groups excluding carboxylic acids is 2. The van der Waals surface area contributed by atoms with Crippen LogP contribution < -0.4 is 10.6 Å². The summed E-state index contributed by atoms with van der Waals surface area (Å²) >= 11 is 0. The zero-order valence-corrected chi connectivity index (χ0v) is 21.4. The molecule has 1 aromatic carbocycles. The molecule has 8 nitrogen and oxygen atoms in total. The van der Waals surface area contributed by atoms with Gasteiger partial charge in [0.2, 0.25) is 0 Å². The second-order valence-corrected chi connectivity index (χ2v) is 10.3. The summed E-state index contributed by atoms with van der Waals surface area (Å²) < 4.78 is 1.93. The van der Waals surface area contributed by atoms with Crippen molar-refractivity contribution < 1.29 is 9.59 Å². The lowest BCUT2D eigenvalue weighted by atomic mass is 9.89. The lowest BCUT2D eigenvalue weighted by molar-refractivity contribution is 0.0712. The summed E-state index contributed by atoms with van der Waals surface area (Å²) in [7, 11) is 0. The topological polar surface area (TPSA) is 91.6 Å². The molecular weight excluding hydrogens is 476 g/mol. The van der Waals surface area contributed by atoms with Crippen LogP contribution in [-0.4, -0.2) is 44.3 Å². The fourth-order valence-electron chi connectivity index (χ4n) is 5.56. The molecule has 6 rings (SSSR count). The van der Waals surface area contributed by atoms with Crippen molar-refractivity contribution >= 4 is 23.3 Å². The lowest BCUT2D eigenvalue weighted by Gasteiger charge is -2.32. The Balaban J connectivity index is 0.989. The van der Waals surface area contributed by atoms with E-state index in [1.165, 1.54) is 24.0 Å². The normalized spacial score (nSPS) is 15.7. The predicted molar refractivity (Wildman–Crippen MR) is 146 cm³/mol. The predicted octanol–water partition coefficient (Wildman–Crippen LogP) is 4.95. The van der Waals surface area contributed by atoms with Crippen molar-refractivity contribution in [3.05, 3.63) is 95.2 Å². The standard InChI is InChI=1S/C30H32N6O2/c37-29(25-18-24-3-1-2-4-27(24)32-20-25)36-14-10-23(11-15-36)22-5-7-26(8-6-22)34-30(38)33-19-21-9-13-35-16-12-31-28(35)17-21/h5-9,12-13,16-18,20,23H,1-4,10-11,14-15,19H2,(H2,33,34,38). The first-order valence-corrected chi connectivity index (χ1v) is 13.5. The molecule has 4 aromatic rings. The minimum atomic E-state index is -0.246. The molecule has 8 heteroatoms. The van der Waals surface area contributed by atoms with E-state index in [9.17, 15) is 9.59 Å². The number of fused-ring (bicyclic) bond motifs is 2. The van der Waals surface area contributed by atoms with Crippen LogP contribution in [0.5, 0.6) is 0 Å². The van der Waals surface area contributed by atoms with Crippen LogP contribution in [0.2, 0.25) is 0 Å². The van der Waals surface area contributed by atoms with Crippen LogP contribution in [-0.2, 0) is 19.4 Å². The van der Waals surface area contributed by atoms with E-state index in [4.69, 9.17) is 0 Å². The van der Waals surface area contributed by atoms with E-state index in [0.29, 0.717) is 12.5 Å². The van der Waals surface area contributed by atoms with Crippen LogP contribution in [0, 0.1) is 0 Å². The number of piperidine rings is 1. The summed E-state index contributed by atoms with van der Waals surface area (Å²) in [6, 6.07) is 13.8. The molecule has 0 spiro atoms. The Labute approximate surface area is 222 Å². The monoisotopic (exact) mass is 508 g/mol. The number of imidazole rings is 1. The van der Waals surface area contributed by atoms with Gasteiger partial charge in [-0.15, -0.1) is 0 Å². The maximum Gasteiger partial charge on any atom is 0.319 e. The minimum absolute atomic E-state index is 0.0968. The third-order valence-corrected chi connectivity index (χ3v) is 7.75. The molecule has 3 amide bonds. The molecule has 0 unspecified atom stereocenters. The quantitative estimate of drug-likeness (QED) is 0.399. The van der Waals surface area contributed by atoms with Crippen molar-refractivity contribution in [2.75, 3.05) is 18.4 Å². The Morgan fingerprint density at radius 1 is 0.947 bits per heavy atom. The highest BCUT2D eigenvalue weighted by molar-refractivity contribution is 5.94. The number of carbonyl (C=O) groups is 2. The molecule has 0 saturated carbocycles. The van der Waals surface area contributed by atoms with Gasteiger partial charge in [0, 0.05) is 55.8 Å². The van der Waals surface area contributed by atoms with Crippen molar-refractivity contribution in [1.82, 2.24) is 24.6 Å². The number of nitrogens with one attached hydrogen (secondary N) is 2. The van der Waals surface area contributed by atoms with E-state index >= 15 is 0 Å². The first kappa shape index (κ1) is 24.2. The number of aromatic nitrogens is 3. The van der Waals surface area contributed by atoms with Crippen LogP contribution in [0.15, 0.2) is 67.3 Å². The molecule has 1 aliphatic heterocycles. The lowest BCUT2D eigenvalue weighted by Crippen LogP contribution is -2.38. The van der Waals surface area contributed by atoms with Crippen molar-refractivity contribution in [2.45, 2.75) is 51.0 Å². The van der Waals surface area contributed by atoms with E-state index in [1.54, 1.807) is 12.4 Å². The van der Waals surface area contributed by atoms with Gasteiger partial charge in [-0.3, -0.25) is 9.78 Å². The number of anilines is 1. The number of nitrogens with zero attached hydrogens (tertiary/aromatic N) is 4. The maximum absolute atomic E-state index is 13.1. The van der Waals surface area contributed by atoms with Gasteiger partial charge in [-0.2, -0.15) is 0 Å². The van der Waals surface area contributed by atoms with Crippen LogP contribution >= 0.6 is 0 Å². The Morgan fingerprint density at radius 3 is 2.61 bits per heavy atom. The van der Waals surface area contributed by atoms with Crippen molar-refractivity contribution in [1.29, 1.82) is 0 Å². The minimum Gasteiger partial charge on any atom is -0.339 e. The number of rotatable bonds is 5. The molecule has 2 N–H and O–H groups in total. The molecule has 0 atom stereocenters. The van der Waals surface area contributed by atoms with Gasteiger partial charge in [0.05, 0.1) is 5.56 Å². The van der Waals surface area contributed by atoms with E-state index in [2.05, 4.69) is 38.8 Å². The number of likely N-dealkylation sites (tertiary alicyclic amines) is 1. The zero-order valence-electron chi connectivity index (χ0n) is 21.4. The van der Waals surface area contributed by atoms with Crippen LogP contribution in [0.25, 0.3) is 5.65 Å². The number of pyridine rings is 2. The molecule has 1 fully saturated rings. The SMILES string of the molecule is O=C(NCc1ccn2ccnc2c1)Nc1ccc(C2CCN(C(=O)c3cnc4c(c3)CCCC4)CC2)cc1. The molecule has 0 bridgehead atoms. The Kier molecular flexibility index (Phi) is 6.77. The second kappa shape index (κ2) is 10.7. The van der Waals surface area contributed by atoms with Crippen molar-refractivity contribution in [2.24, 2.45) is 0 Å². The van der Waals surface area contributed by atoms with Gasteiger partial charge in [-0.1, -0.05) is 12.1 Å². The van der Waals surface area contributed by atoms with Crippen LogP contribution in [0.4, 0.5) is 10.5 Å². The van der Waals surface area contributed by atoms with Crippen LogP contribution in [0.3, 0.4) is 0 Å². The molecule has 1 aliphatic carbocycles. The largest absolute Gasteiger partial charge is 0.339 e. The van der Waals surface area contributed by atoms with E-state index in [0.717, 1.165) is 66.9 Å². The smallest absolute Gasteiger partial charge is 0.319 e. The van der Waals surface area contributed by atoms with Gasteiger partial charge in [-0.05, 0) is 91.5 Å². The molecule has 2 aliphatic rings. The molecule has 194 valence electrons. The van der Waals surface area contributed by atoms with Crippen molar-refractivity contribution in [3.63, 3.8) is 0 Å². The number of hydrogen-bond acceptors (Lipinski definition) is 4. The fourth-order valence-corrected chi connectivity index (χ4v) is 5.56. The van der Waals surface area contributed by atoms with E-state index in [1.807, 2.05) is 46.0 Å². The molecular formula is C30H32N6O2. The highest BCUT2D eigenvalue weighted by Gasteiger charge is 2.25. The van der Waals surface area contributed by atoms with E-state index < -0.39 is 0 Å². The van der Waals surface area contributed by atoms with Gasteiger partial charge in [-0.25, -0.2) is 9.78 Å². The number of benzene rings is 1. The number of amides is 3. The second-order valence-electron chi connectivity index (χ2n) is 10.3. The summed E-state index contributed by atoms with van der Waals surface area (Å²) in [6.07, 6.45) is 13.6. The third-order valence-electron chi connectivity index (χ3n) is 7.75. The van der Waals surface area contributed by atoms with Gasteiger partial charge in [0.1, 0.15) is 5.65 Å². The number of aryl methyl sites for hydroxylation is 2. The van der Waals surface area contributed by atoms with Gasteiger partial charge >= 0.3 is 6.03 Å². The Hall–Kier alpha value is -4.20. The number of hydrogen-bond donors (Lipinski definition) is 2. The summed E-state index contributed by atoms with van der Waals surface area (Å²) in [5.41, 5.74) is 6.96. The van der Waals surface area contributed by atoms with Crippen molar-refractivity contribution in [3.8, 4) is 0 Å². The van der Waals surface area contributed by atoms with Crippen LogP contribution in [0.1, 0.15) is 64.3 Å². The first-order chi connectivity index (χ1) is 18.6. The summed E-state index contributed by atoms with van der Waals surface area (Å²) in [6.45, 7) is 1.91. The Morgan fingerprint density at radius 2 is 1.76 bits per heavy atom. The zero-order chi connectivity index (χ0) is 25.9. The number of urea groups is 1. The molecule has 3 aromatic heterocycles. The fraction of sp³-hybridized carbons (Fsp3) is 0.333. The molecule has 4 heterocycles. The summed E-state index contributed by atoms with van der Waals surface area (Å²) in [5.74, 6) is 0.501.